The van der Waals surface area contributed by atoms with E-state index < -0.39 is 0 Å². The molecule has 0 fully saturated rings. The first-order valence-electron chi connectivity index (χ1n) is 1.47. The molecule has 0 N–H and O–H groups in total. The maximum atomic E-state index is 5.19. The highest BCUT2D eigenvalue weighted by Crippen LogP contribution is 1.75. The van der Waals surface area contributed by atoms with Crippen LogP contribution in [0.5, 0.6) is 0 Å². The van der Waals surface area contributed by atoms with Gasteiger partial charge in [-0.05, 0) is 6.42 Å². The molecule has 2 heteroatoms. The Morgan fingerprint density at radius 3 is 1.80 bits per heavy atom. The Bertz CT molecular complexity index is 8.85. The highest BCUT2D eigenvalue weighted by molar-refractivity contribution is 6.17. The molecule has 0 nitrogen and oxygen atoms in total. The molecular formula is C3H7ClMg. The number of hydrogen-bond donors (Lipinski definition) is 0. The second-order valence-corrected chi connectivity index (χ2v) is 1.07. The van der Waals surface area contributed by atoms with Gasteiger partial charge in [0.05, 0.1) is 0 Å². The summed E-state index contributed by atoms with van der Waals surface area (Å²) in [5, 5.41) is 0. The van der Waals surface area contributed by atoms with Crippen molar-refractivity contribution in [1.82, 2.24) is 0 Å². The molecule has 0 atom stereocenters. The van der Waals surface area contributed by atoms with Gasteiger partial charge in [0.2, 0.25) is 0 Å². The molecule has 0 aliphatic carbocycles. The standard InChI is InChI=1S/C3H7Cl.Mg/c1-2-3-4;/h2-3H2,1H3;. The molecule has 2 radical (unpaired) electrons. The predicted molar refractivity (Wildman–Crippen MR) is 26.8 cm³/mol. The van der Waals surface area contributed by atoms with Gasteiger partial charge in [0.15, 0.2) is 0 Å². The van der Waals surface area contributed by atoms with Crippen LogP contribution in [0.4, 0.5) is 0 Å². The molecule has 0 saturated carbocycles. The van der Waals surface area contributed by atoms with Gasteiger partial charge in [-0.25, -0.2) is 0 Å². The molecule has 28 valence electrons. The van der Waals surface area contributed by atoms with E-state index in [1.807, 2.05) is 6.92 Å². The lowest BCUT2D eigenvalue weighted by molar-refractivity contribution is 1.10. The molecule has 0 unspecified atom stereocenters. The van der Waals surface area contributed by atoms with Crippen molar-refractivity contribution < 1.29 is 0 Å². The van der Waals surface area contributed by atoms with E-state index in [9.17, 15) is 0 Å². The maximum absolute atomic E-state index is 5.19. The fourth-order valence-electron chi connectivity index (χ4n) is 0. The minimum atomic E-state index is 0. The molecule has 0 bridgehead atoms. The summed E-state index contributed by atoms with van der Waals surface area (Å²) in [6.45, 7) is 2.05. The zero-order valence-electron chi connectivity index (χ0n) is 3.50. The molecule has 5 heavy (non-hydrogen) atoms. The van der Waals surface area contributed by atoms with Crippen molar-refractivity contribution in [2.75, 3.05) is 5.88 Å². The van der Waals surface area contributed by atoms with Crippen molar-refractivity contribution in [3.05, 3.63) is 0 Å². The Balaban J connectivity index is 0. The summed E-state index contributed by atoms with van der Waals surface area (Å²) in [7, 11) is 0. The van der Waals surface area contributed by atoms with E-state index in [0.29, 0.717) is 0 Å². The van der Waals surface area contributed by atoms with Crippen LogP contribution in [0.2, 0.25) is 0 Å². The first-order chi connectivity index (χ1) is 1.91. The molecule has 0 aliphatic heterocycles. The third-order valence-corrected chi connectivity index (χ3v) is 0.567. The Morgan fingerprint density at radius 1 is 1.60 bits per heavy atom. The summed E-state index contributed by atoms with van der Waals surface area (Å²) in [5.74, 6) is 0.792. The molecule has 0 spiro atoms. The lowest BCUT2D eigenvalue weighted by Gasteiger charge is -1.65. The average Bonchev–Trinajstić information content (AvgIpc) is 1.37. The highest BCUT2D eigenvalue weighted by atomic mass is 35.5. The first kappa shape index (κ1) is 9.41. The van der Waals surface area contributed by atoms with Crippen LogP contribution in [0, 0.1) is 0 Å². The fourth-order valence-corrected chi connectivity index (χ4v) is 0. The Morgan fingerprint density at radius 2 is 1.80 bits per heavy atom. The predicted octanol–water partition coefficient (Wildman–Crippen LogP) is 1.25. The topological polar surface area (TPSA) is 0 Å². The Kier molecular flexibility index (Phi) is 16.8. The summed E-state index contributed by atoms with van der Waals surface area (Å²) in [6, 6.07) is 0. The van der Waals surface area contributed by atoms with Crippen LogP contribution < -0.4 is 0 Å². The van der Waals surface area contributed by atoms with Gasteiger partial charge in [-0.1, -0.05) is 6.92 Å². The quantitative estimate of drug-likeness (QED) is 0.346. The summed E-state index contributed by atoms with van der Waals surface area (Å²) in [6.07, 6.45) is 1.08. The number of alkyl halides is 1. The lowest BCUT2D eigenvalue weighted by atomic mass is 10.6. The van der Waals surface area contributed by atoms with Gasteiger partial charge >= 0.3 is 0 Å². The van der Waals surface area contributed by atoms with E-state index in [1.165, 1.54) is 0 Å². The molecule has 0 aliphatic rings. The van der Waals surface area contributed by atoms with E-state index >= 15 is 0 Å². The smallest absolute Gasteiger partial charge is 0.0220 e. The summed E-state index contributed by atoms with van der Waals surface area (Å²) in [5.41, 5.74) is 0. The monoisotopic (exact) mass is 102 g/mol. The van der Waals surface area contributed by atoms with Crippen LogP contribution in [0.15, 0.2) is 0 Å². The normalized spacial score (nSPS) is 6.00. The van der Waals surface area contributed by atoms with E-state index in [0.717, 1.165) is 12.3 Å². The Hall–Kier alpha value is 1.06. The van der Waals surface area contributed by atoms with Gasteiger partial charge < -0.3 is 0 Å². The van der Waals surface area contributed by atoms with Crippen molar-refractivity contribution in [3.63, 3.8) is 0 Å². The van der Waals surface area contributed by atoms with E-state index in [1.54, 1.807) is 0 Å². The zero-order chi connectivity index (χ0) is 3.41. The molecule has 0 aromatic rings. The van der Waals surface area contributed by atoms with Gasteiger partial charge in [-0.3, -0.25) is 0 Å². The average molecular weight is 103 g/mol. The van der Waals surface area contributed by atoms with Crippen molar-refractivity contribution >= 4 is 34.7 Å². The number of rotatable bonds is 1. The summed E-state index contributed by atoms with van der Waals surface area (Å²) in [4.78, 5) is 0. The SMILES string of the molecule is CCCCl.[Mg]. The first-order valence-corrected chi connectivity index (χ1v) is 2.01. The molecule has 0 rings (SSSR count). The molecular weight excluding hydrogens is 95.8 g/mol. The van der Waals surface area contributed by atoms with Crippen LogP contribution in [-0.4, -0.2) is 28.9 Å². The molecule has 0 aromatic carbocycles. The van der Waals surface area contributed by atoms with Gasteiger partial charge in [0, 0.05) is 28.9 Å². The molecule has 0 heterocycles. The summed E-state index contributed by atoms with van der Waals surface area (Å²) < 4.78 is 0. The fraction of sp³-hybridized carbons (Fsp3) is 1.00. The van der Waals surface area contributed by atoms with E-state index in [-0.39, 0.29) is 23.1 Å². The summed E-state index contributed by atoms with van der Waals surface area (Å²) >= 11 is 5.19. The van der Waals surface area contributed by atoms with Crippen LogP contribution in [0.25, 0.3) is 0 Å². The van der Waals surface area contributed by atoms with Crippen LogP contribution in [0.3, 0.4) is 0 Å². The highest BCUT2D eigenvalue weighted by Gasteiger charge is 1.59. The van der Waals surface area contributed by atoms with Crippen LogP contribution in [-0.2, 0) is 0 Å². The van der Waals surface area contributed by atoms with E-state index in [4.69, 9.17) is 11.6 Å². The van der Waals surface area contributed by atoms with Crippen molar-refractivity contribution in [2.45, 2.75) is 13.3 Å². The largest absolute Gasteiger partial charge is 0.127 e. The van der Waals surface area contributed by atoms with Gasteiger partial charge in [-0.2, -0.15) is 0 Å². The molecule has 0 saturated heterocycles. The minimum Gasteiger partial charge on any atom is -0.127 e. The third-order valence-electron chi connectivity index (χ3n) is 0.189. The van der Waals surface area contributed by atoms with Gasteiger partial charge in [0.25, 0.3) is 0 Å². The van der Waals surface area contributed by atoms with Crippen LogP contribution >= 0.6 is 11.6 Å². The van der Waals surface area contributed by atoms with Gasteiger partial charge in [-0.15, -0.1) is 11.6 Å². The Labute approximate surface area is 54.0 Å². The van der Waals surface area contributed by atoms with Gasteiger partial charge in [0.1, 0.15) is 0 Å². The van der Waals surface area contributed by atoms with Crippen molar-refractivity contribution in [3.8, 4) is 0 Å². The maximum Gasteiger partial charge on any atom is 0.0220 e. The molecule has 0 amide bonds. The second kappa shape index (κ2) is 8.91. The van der Waals surface area contributed by atoms with Crippen molar-refractivity contribution in [1.29, 1.82) is 0 Å². The number of hydrogen-bond acceptors (Lipinski definition) is 0. The molecule has 0 aromatic heterocycles. The van der Waals surface area contributed by atoms with E-state index in [2.05, 4.69) is 0 Å². The number of halogens is 1. The lowest BCUT2D eigenvalue weighted by Crippen LogP contribution is -1.55. The second-order valence-electron chi connectivity index (χ2n) is 0.689. The minimum absolute atomic E-state index is 0. The third kappa shape index (κ3) is 11.2. The van der Waals surface area contributed by atoms with Crippen molar-refractivity contribution in [2.24, 2.45) is 0 Å². The van der Waals surface area contributed by atoms with Crippen LogP contribution in [0.1, 0.15) is 13.3 Å². The zero-order valence-corrected chi connectivity index (χ0v) is 5.67.